The van der Waals surface area contributed by atoms with Crippen LogP contribution in [0, 0.1) is 0 Å². The Labute approximate surface area is 171 Å². The molecule has 0 fully saturated rings. The monoisotopic (exact) mass is 437 g/mol. The van der Waals surface area contributed by atoms with Crippen LogP contribution in [0.4, 0.5) is 0 Å². The Bertz CT molecular complexity index is 602. The summed E-state index contributed by atoms with van der Waals surface area (Å²) >= 11 is 0.570. The van der Waals surface area contributed by atoms with Crippen molar-refractivity contribution in [3.63, 3.8) is 0 Å². The summed E-state index contributed by atoms with van der Waals surface area (Å²) in [6, 6.07) is -2.54. The van der Waals surface area contributed by atoms with Gasteiger partial charge in [-0.15, -0.1) is 0 Å². The summed E-state index contributed by atoms with van der Waals surface area (Å²) < 4.78 is 5.12. The van der Waals surface area contributed by atoms with Crippen LogP contribution in [0.25, 0.3) is 0 Å². The standard InChI is InChI=1S/C16H27N3O9S/c1-3-28-8(2)13(23)16(27)29-7-10(14(24)18-6-12(21)22)19-11(20)5-4-9(17)15(25)26/h8-10,13,23H,3-7,17H2,1-2H3,(H,18,24)(H,19,20)(H,21,22)(H,25,26)/t8?,9-,10-,13?/m0/s1. The van der Waals surface area contributed by atoms with Crippen LogP contribution in [0.2, 0.25) is 0 Å². The molecule has 0 aliphatic carbocycles. The van der Waals surface area contributed by atoms with Gasteiger partial charge in [-0.3, -0.25) is 24.0 Å². The van der Waals surface area contributed by atoms with Crippen LogP contribution in [0.3, 0.4) is 0 Å². The molecule has 2 amide bonds. The molecule has 0 spiro atoms. The fourth-order valence-corrected chi connectivity index (χ4v) is 2.87. The fraction of sp³-hybridized carbons (Fsp3) is 0.688. The minimum atomic E-state index is -1.45. The molecule has 13 heteroatoms. The minimum Gasteiger partial charge on any atom is -0.480 e. The largest absolute Gasteiger partial charge is 0.480 e. The van der Waals surface area contributed by atoms with Crippen molar-refractivity contribution >= 4 is 40.6 Å². The Morgan fingerprint density at radius 3 is 2.31 bits per heavy atom. The van der Waals surface area contributed by atoms with Gasteiger partial charge in [-0.1, -0.05) is 11.8 Å². The molecule has 2 unspecified atom stereocenters. The molecule has 0 radical (unpaired) electrons. The highest BCUT2D eigenvalue weighted by Crippen LogP contribution is 2.13. The van der Waals surface area contributed by atoms with E-state index in [4.69, 9.17) is 20.7 Å². The molecule has 0 rings (SSSR count). The lowest BCUT2D eigenvalue weighted by Gasteiger charge is -2.20. The number of carboxylic acids is 2. The molecule has 0 bridgehead atoms. The van der Waals surface area contributed by atoms with Crippen molar-refractivity contribution in [2.75, 3.05) is 18.9 Å². The molecular formula is C16H27N3O9S. The summed E-state index contributed by atoms with van der Waals surface area (Å²) in [4.78, 5) is 57.4. The van der Waals surface area contributed by atoms with Gasteiger partial charge < -0.3 is 36.4 Å². The summed E-state index contributed by atoms with van der Waals surface area (Å²) in [6.07, 6.45) is -2.70. The number of rotatable bonds is 14. The molecule has 0 aromatic heterocycles. The highest BCUT2D eigenvalue weighted by atomic mass is 32.2. The van der Waals surface area contributed by atoms with E-state index in [1.165, 1.54) is 6.92 Å². The number of ether oxygens (including phenoxy) is 1. The van der Waals surface area contributed by atoms with Crippen LogP contribution >= 0.6 is 11.8 Å². The summed E-state index contributed by atoms with van der Waals surface area (Å²) in [7, 11) is 0. The average molecular weight is 437 g/mol. The zero-order valence-electron chi connectivity index (χ0n) is 16.1. The van der Waals surface area contributed by atoms with E-state index in [1.807, 2.05) is 0 Å². The second kappa shape index (κ2) is 13.9. The van der Waals surface area contributed by atoms with Crippen LogP contribution in [0.5, 0.6) is 0 Å². The quantitative estimate of drug-likeness (QED) is 0.174. The van der Waals surface area contributed by atoms with Crippen molar-refractivity contribution < 1.29 is 44.0 Å². The van der Waals surface area contributed by atoms with Crippen molar-refractivity contribution in [1.29, 1.82) is 0 Å². The molecule has 0 saturated heterocycles. The number of carbonyl (C=O) groups excluding carboxylic acids is 3. The van der Waals surface area contributed by atoms with Crippen LogP contribution in [0.15, 0.2) is 0 Å². The number of amides is 2. The minimum absolute atomic E-state index is 0.179. The number of hydrogen-bond donors (Lipinski definition) is 6. The van der Waals surface area contributed by atoms with Gasteiger partial charge in [0.05, 0.1) is 6.10 Å². The lowest BCUT2D eigenvalue weighted by Crippen LogP contribution is -2.50. The van der Waals surface area contributed by atoms with Gasteiger partial charge in [0.25, 0.3) is 0 Å². The Morgan fingerprint density at radius 2 is 1.79 bits per heavy atom. The average Bonchev–Trinajstić information content (AvgIpc) is 2.66. The van der Waals surface area contributed by atoms with E-state index < -0.39 is 59.7 Å². The first-order valence-electron chi connectivity index (χ1n) is 8.73. The maximum absolute atomic E-state index is 12.1. The Kier molecular flexibility index (Phi) is 12.8. The van der Waals surface area contributed by atoms with Gasteiger partial charge in [-0.25, -0.2) is 0 Å². The number of aliphatic carboxylic acids is 2. The van der Waals surface area contributed by atoms with E-state index in [1.54, 1.807) is 6.92 Å². The molecule has 0 aromatic rings. The van der Waals surface area contributed by atoms with Crippen molar-refractivity contribution in [2.24, 2.45) is 5.73 Å². The molecule has 12 nitrogen and oxygen atoms in total. The third-order valence-corrected chi connectivity index (χ3v) is 4.60. The van der Waals surface area contributed by atoms with Crippen LogP contribution in [-0.2, 0) is 28.7 Å². The zero-order chi connectivity index (χ0) is 22.6. The second-order valence-corrected chi connectivity index (χ2v) is 6.97. The first-order chi connectivity index (χ1) is 13.5. The van der Waals surface area contributed by atoms with E-state index in [-0.39, 0.29) is 25.2 Å². The van der Waals surface area contributed by atoms with Gasteiger partial charge in [0.15, 0.2) is 0 Å². The lowest BCUT2D eigenvalue weighted by atomic mass is 10.1. The molecule has 0 aliphatic rings. The third kappa shape index (κ3) is 11.4. The van der Waals surface area contributed by atoms with Gasteiger partial charge >= 0.3 is 11.9 Å². The van der Waals surface area contributed by atoms with Gasteiger partial charge in [0, 0.05) is 18.8 Å². The number of hydrogen-bond acceptors (Lipinski definition) is 9. The predicted octanol–water partition coefficient (Wildman–Crippen LogP) is -2.09. The van der Waals surface area contributed by atoms with Crippen molar-refractivity contribution in [2.45, 2.75) is 51.0 Å². The molecule has 0 aromatic carbocycles. The first-order valence-corrected chi connectivity index (χ1v) is 9.71. The van der Waals surface area contributed by atoms with Gasteiger partial charge in [-0.05, 0) is 20.3 Å². The van der Waals surface area contributed by atoms with Crippen LogP contribution < -0.4 is 16.4 Å². The highest BCUT2D eigenvalue weighted by molar-refractivity contribution is 8.13. The zero-order valence-corrected chi connectivity index (χ0v) is 16.9. The Hall–Kier alpha value is -2.22. The molecule has 7 N–H and O–H groups in total. The SMILES string of the molecule is CCOC(C)C(O)C(=O)SC[C@H](NC(=O)CC[C@H](N)C(=O)O)C(=O)NCC(=O)O. The summed E-state index contributed by atoms with van der Waals surface area (Å²) in [5, 5.41) is 31.0. The third-order valence-electron chi connectivity index (χ3n) is 3.57. The van der Waals surface area contributed by atoms with Crippen molar-refractivity contribution in [3.8, 4) is 0 Å². The van der Waals surface area contributed by atoms with Crippen LogP contribution in [0.1, 0.15) is 26.7 Å². The topological polar surface area (TPSA) is 205 Å². The first kappa shape index (κ1) is 26.8. The molecule has 29 heavy (non-hydrogen) atoms. The smallest absolute Gasteiger partial charge is 0.322 e. The number of nitrogens with two attached hydrogens (primary N) is 1. The Balaban J connectivity index is 4.90. The van der Waals surface area contributed by atoms with E-state index in [2.05, 4.69) is 10.6 Å². The lowest BCUT2D eigenvalue weighted by molar-refractivity contribution is -0.139. The Morgan fingerprint density at radius 1 is 1.17 bits per heavy atom. The fourth-order valence-electron chi connectivity index (χ4n) is 1.94. The maximum atomic E-state index is 12.1. The van der Waals surface area contributed by atoms with E-state index in [0.29, 0.717) is 11.8 Å². The summed E-state index contributed by atoms with van der Waals surface area (Å²) in [5.41, 5.74) is 5.31. The summed E-state index contributed by atoms with van der Waals surface area (Å²) in [5.74, 6) is -4.42. The molecule has 0 aliphatic heterocycles. The number of carbonyl (C=O) groups is 5. The van der Waals surface area contributed by atoms with Gasteiger partial charge in [0.1, 0.15) is 24.7 Å². The van der Waals surface area contributed by atoms with Gasteiger partial charge in [-0.2, -0.15) is 0 Å². The number of thioether (sulfide) groups is 1. The number of carboxylic acid groups (broad SMARTS) is 2. The maximum Gasteiger partial charge on any atom is 0.322 e. The van der Waals surface area contributed by atoms with Crippen LogP contribution in [-0.4, -0.2) is 87.4 Å². The number of nitrogens with one attached hydrogen (secondary N) is 2. The second-order valence-electron chi connectivity index (χ2n) is 5.95. The molecule has 4 atom stereocenters. The molecule has 166 valence electrons. The van der Waals surface area contributed by atoms with E-state index in [9.17, 15) is 29.1 Å². The molecular weight excluding hydrogens is 410 g/mol. The van der Waals surface area contributed by atoms with Gasteiger partial charge in [0.2, 0.25) is 16.9 Å². The van der Waals surface area contributed by atoms with E-state index in [0.717, 1.165) is 0 Å². The highest BCUT2D eigenvalue weighted by Gasteiger charge is 2.27. The number of aliphatic hydroxyl groups excluding tert-OH is 1. The van der Waals surface area contributed by atoms with Crippen molar-refractivity contribution in [1.82, 2.24) is 10.6 Å². The normalized spacial score (nSPS) is 14.9. The summed E-state index contributed by atoms with van der Waals surface area (Å²) in [6.45, 7) is 2.77. The predicted molar refractivity (Wildman–Crippen MR) is 102 cm³/mol. The molecule has 0 heterocycles. The van der Waals surface area contributed by atoms with E-state index >= 15 is 0 Å². The molecule has 0 saturated carbocycles. The number of aliphatic hydroxyl groups is 1. The van der Waals surface area contributed by atoms with Crippen molar-refractivity contribution in [3.05, 3.63) is 0 Å².